The Kier molecular flexibility index (Phi) is 2.88. The van der Waals surface area contributed by atoms with Crippen molar-refractivity contribution in [2.75, 3.05) is 5.32 Å². The first kappa shape index (κ1) is 12.9. The van der Waals surface area contributed by atoms with Crippen LogP contribution in [-0.4, -0.2) is 15.0 Å². The summed E-state index contributed by atoms with van der Waals surface area (Å²) < 4.78 is 1.02. The highest BCUT2D eigenvalue weighted by Gasteiger charge is 2.08. The molecule has 6 heteroatoms. The summed E-state index contributed by atoms with van der Waals surface area (Å²) in [5.41, 5.74) is 4.25. The number of aromatic nitrogens is 3. The maximum atomic E-state index is 8.94. The average Bonchev–Trinajstić information content (AvgIpc) is 3.10. The van der Waals surface area contributed by atoms with E-state index in [4.69, 9.17) is 5.26 Å². The van der Waals surface area contributed by atoms with Gasteiger partial charge in [0.05, 0.1) is 28.4 Å². The van der Waals surface area contributed by atoms with E-state index in [9.17, 15) is 0 Å². The fourth-order valence-corrected chi connectivity index (χ4v) is 2.82. The first-order valence-electron chi connectivity index (χ1n) is 6.66. The molecule has 0 aliphatic heterocycles. The number of anilines is 2. The molecule has 2 aromatic carbocycles. The number of aromatic amines is 2. The predicted octanol–water partition coefficient (Wildman–Crippen LogP) is 4.42. The second-order valence-electron chi connectivity index (χ2n) is 4.95. The minimum absolute atomic E-state index is 0.599. The predicted molar refractivity (Wildman–Crippen MR) is 90.1 cm³/mol. The molecule has 0 aliphatic rings. The number of rotatable bonds is 2. The number of nitrogens with zero attached hydrogens (tertiary/aromatic N) is 2. The zero-order chi connectivity index (χ0) is 15.1. The van der Waals surface area contributed by atoms with E-state index in [2.05, 4.69) is 42.3 Å². The number of imidazole rings is 1. The summed E-state index contributed by atoms with van der Waals surface area (Å²) in [6.07, 6.45) is 1.91. The highest BCUT2D eigenvalue weighted by atomic mass is 79.9. The Morgan fingerprint density at radius 1 is 1.14 bits per heavy atom. The summed E-state index contributed by atoms with van der Waals surface area (Å²) in [6, 6.07) is 13.6. The molecule has 0 radical (unpaired) electrons. The van der Waals surface area contributed by atoms with E-state index in [0.29, 0.717) is 11.5 Å². The lowest BCUT2D eigenvalue weighted by Gasteiger charge is -2.00. The molecule has 0 fully saturated rings. The molecular weight excluding hydrogens is 342 g/mol. The van der Waals surface area contributed by atoms with Crippen LogP contribution >= 0.6 is 15.9 Å². The third-order valence-corrected chi connectivity index (χ3v) is 4.00. The first-order chi connectivity index (χ1) is 10.7. The van der Waals surface area contributed by atoms with E-state index in [1.165, 1.54) is 0 Å². The molecule has 2 aromatic heterocycles. The van der Waals surface area contributed by atoms with Gasteiger partial charge in [-0.25, -0.2) is 4.98 Å². The van der Waals surface area contributed by atoms with Gasteiger partial charge in [0.1, 0.15) is 0 Å². The molecule has 2 heterocycles. The third-order valence-electron chi connectivity index (χ3n) is 3.51. The molecule has 0 unspecified atom stereocenters. The van der Waals surface area contributed by atoms with Crippen LogP contribution in [0.4, 0.5) is 11.6 Å². The number of benzene rings is 2. The van der Waals surface area contributed by atoms with Crippen LogP contribution in [0.15, 0.2) is 47.1 Å². The van der Waals surface area contributed by atoms with Gasteiger partial charge in [0.15, 0.2) is 0 Å². The van der Waals surface area contributed by atoms with E-state index in [0.717, 1.165) is 32.1 Å². The third kappa shape index (κ3) is 2.12. The Hall–Kier alpha value is -2.78. The standard InChI is InChI=1S/C16H10BrN5/c17-10-2-4-12-11(6-10)15(8-19-12)22-16-20-13-3-1-9(7-18)5-14(13)21-16/h1-6,8,19H,(H2,20,21,22). The smallest absolute Gasteiger partial charge is 0.205 e. The van der Waals surface area contributed by atoms with Crippen LogP contribution in [0.3, 0.4) is 0 Å². The van der Waals surface area contributed by atoms with Crippen LogP contribution in [-0.2, 0) is 0 Å². The van der Waals surface area contributed by atoms with Gasteiger partial charge in [-0.1, -0.05) is 15.9 Å². The van der Waals surface area contributed by atoms with Gasteiger partial charge in [-0.15, -0.1) is 0 Å². The lowest BCUT2D eigenvalue weighted by Crippen LogP contribution is -1.90. The molecule has 0 saturated carbocycles. The Balaban J connectivity index is 1.76. The molecule has 4 aromatic rings. The van der Waals surface area contributed by atoms with Gasteiger partial charge >= 0.3 is 0 Å². The second kappa shape index (κ2) is 4.90. The number of H-pyrrole nitrogens is 2. The molecular formula is C16H10BrN5. The molecule has 4 rings (SSSR count). The summed E-state index contributed by atoms with van der Waals surface area (Å²) in [4.78, 5) is 10.9. The number of nitrogens with one attached hydrogen (secondary N) is 3. The Labute approximate surface area is 134 Å². The molecule has 0 amide bonds. The van der Waals surface area contributed by atoms with Crippen molar-refractivity contribution in [1.82, 2.24) is 15.0 Å². The summed E-state index contributed by atoms with van der Waals surface area (Å²) in [7, 11) is 0. The molecule has 106 valence electrons. The zero-order valence-corrected chi connectivity index (χ0v) is 12.9. The maximum Gasteiger partial charge on any atom is 0.205 e. The van der Waals surface area contributed by atoms with Gasteiger partial charge in [0.25, 0.3) is 0 Å². The molecule has 3 N–H and O–H groups in total. The van der Waals surface area contributed by atoms with Crippen LogP contribution < -0.4 is 5.32 Å². The van der Waals surface area contributed by atoms with Gasteiger partial charge < -0.3 is 15.3 Å². The minimum atomic E-state index is 0.599. The van der Waals surface area contributed by atoms with Crippen molar-refractivity contribution in [1.29, 1.82) is 5.26 Å². The van der Waals surface area contributed by atoms with Crippen molar-refractivity contribution in [3.05, 3.63) is 52.6 Å². The van der Waals surface area contributed by atoms with Gasteiger partial charge in [-0.3, -0.25) is 0 Å². The van der Waals surface area contributed by atoms with E-state index in [-0.39, 0.29) is 0 Å². The summed E-state index contributed by atoms with van der Waals surface area (Å²) in [6.45, 7) is 0. The van der Waals surface area contributed by atoms with Gasteiger partial charge in [-0.05, 0) is 36.4 Å². The number of halogens is 1. The normalized spacial score (nSPS) is 10.9. The Bertz CT molecular complexity index is 1040. The van der Waals surface area contributed by atoms with E-state index in [1.54, 1.807) is 12.1 Å². The lowest BCUT2D eigenvalue weighted by atomic mass is 10.2. The monoisotopic (exact) mass is 351 g/mol. The van der Waals surface area contributed by atoms with Gasteiger partial charge in [-0.2, -0.15) is 5.26 Å². The molecule has 22 heavy (non-hydrogen) atoms. The van der Waals surface area contributed by atoms with Gasteiger partial charge in [0.2, 0.25) is 5.95 Å². The number of hydrogen-bond donors (Lipinski definition) is 3. The van der Waals surface area contributed by atoms with Crippen LogP contribution in [0.1, 0.15) is 5.56 Å². The fraction of sp³-hybridized carbons (Fsp3) is 0. The summed E-state index contributed by atoms with van der Waals surface area (Å²) in [5, 5.41) is 13.3. The van der Waals surface area contributed by atoms with Crippen molar-refractivity contribution in [2.45, 2.75) is 0 Å². The molecule has 0 atom stereocenters. The highest BCUT2D eigenvalue weighted by molar-refractivity contribution is 9.10. The quantitative estimate of drug-likeness (QED) is 0.500. The summed E-state index contributed by atoms with van der Waals surface area (Å²) in [5.74, 6) is 0.644. The number of fused-ring (bicyclic) bond motifs is 2. The van der Waals surface area contributed by atoms with Crippen molar-refractivity contribution in [3.63, 3.8) is 0 Å². The van der Waals surface area contributed by atoms with E-state index in [1.807, 2.05) is 30.5 Å². The zero-order valence-electron chi connectivity index (χ0n) is 11.3. The largest absolute Gasteiger partial charge is 0.359 e. The van der Waals surface area contributed by atoms with Crippen LogP contribution in [0, 0.1) is 11.3 Å². The average molecular weight is 352 g/mol. The fourth-order valence-electron chi connectivity index (χ4n) is 2.46. The number of hydrogen-bond acceptors (Lipinski definition) is 3. The van der Waals surface area contributed by atoms with Crippen molar-refractivity contribution < 1.29 is 0 Å². The van der Waals surface area contributed by atoms with Crippen molar-refractivity contribution in [2.24, 2.45) is 0 Å². The molecule has 0 bridgehead atoms. The molecule has 0 spiro atoms. The highest BCUT2D eigenvalue weighted by Crippen LogP contribution is 2.28. The topological polar surface area (TPSA) is 80.3 Å². The van der Waals surface area contributed by atoms with Crippen LogP contribution in [0.25, 0.3) is 21.9 Å². The minimum Gasteiger partial charge on any atom is -0.359 e. The Morgan fingerprint density at radius 2 is 2.00 bits per heavy atom. The van der Waals surface area contributed by atoms with Crippen LogP contribution in [0.2, 0.25) is 0 Å². The Morgan fingerprint density at radius 3 is 2.86 bits per heavy atom. The van der Waals surface area contributed by atoms with E-state index >= 15 is 0 Å². The van der Waals surface area contributed by atoms with E-state index < -0.39 is 0 Å². The first-order valence-corrected chi connectivity index (χ1v) is 7.46. The van der Waals surface area contributed by atoms with Crippen LogP contribution in [0.5, 0.6) is 0 Å². The van der Waals surface area contributed by atoms with Crippen molar-refractivity contribution >= 4 is 49.5 Å². The maximum absolute atomic E-state index is 8.94. The van der Waals surface area contributed by atoms with Gasteiger partial charge in [0, 0.05) is 21.6 Å². The van der Waals surface area contributed by atoms with Crippen molar-refractivity contribution in [3.8, 4) is 6.07 Å². The molecule has 5 nitrogen and oxygen atoms in total. The lowest BCUT2D eigenvalue weighted by molar-refractivity contribution is 1.31. The number of nitriles is 1. The molecule has 0 saturated heterocycles. The summed E-state index contributed by atoms with van der Waals surface area (Å²) >= 11 is 3.48. The SMILES string of the molecule is N#Cc1ccc2[nH]c(Nc3c[nH]c4ccc(Br)cc34)nc2c1. The second-order valence-corrected chi connectivity index (χ2v) is 5.86. The molecule has 0 aliphatic carbocycles.